The van der Waals surface area contributed by atoms with Crippen molar-refractivity contribution in [3.05, 3.63) is 84.4 Å². The molecule has 0 radical (unpaired) electrons. The van der Waals surface area contributed by atoms with Crippen LogP contribution in [-0.4, -0.2) is 44.7 Å². The lowest BCUT2D eigenvalue weighted by molar-refractivity contribution is -0.134. The summed E-state index contributed by atoms with van der Waals surface area (Å²) in [6.45, 7) is 2.16. The van der Waals surface area contributed by atoms with E-state index in [9.17, 15) is 4.79 Å². The van der Waals surface area contributed by atoms with Crippen molar-refractivity contribution < 1.29 is 4.79 Å². The number of nitrogens with two attached hydrogens (primary N) is 1. The Hall–Kier alpha value is -2.99. The van der Waals surface area contributed by atoms with Crippen LogP contribution in [0.25, 0.3) is 0 Å². The van der Waals surface area contributed by atoms with Gasteiger partial charge in [0.25, 0.3) is 0 Å². The average molecular weight is 390 g/mol. The molecule has 0 saturated carbocycles. The standard InChI is InChI=1S/C23H27N5O/c24-21(15-19-7-3-1-4-8-19)22(29)27-13-11-23(12-14-27,16-28-18-25-17-26-28)20-9-5-2-6-10-20/h1-10,17-18,21H,11-16,24H2/t21-/m1/s1. The molecule has 2 aromatic carbocycles. The Labute approximate surface area is 171 Å². The first kappa shape index (κ1) is 19.3. The number of carbonyl (C=O) groups is 1. The maximum absolute atomic E-state index is 12.9. The van der Waals surface area contributed by atoms with Crippen molar-refractivity contribution in [3.63, 3.8) is 0 Å². The van der Waals surface area contributed by atoms with E-state index in [4.69, 9.17) is 5.73 Å². The SMILES string of the molecule is N[C@H](Cc1ccccc1)C(=O)N1CCC(Cn2cncn2)(c2ccccc2)CC1. The predicted molar refractivity (Wildman–Crippen MR) is 112 cm³/mol. The van der Waals surface area contributed by atoms with Gasteiger partial charge >= 0.3 is 0 Å². The van der Waals surface area contributed by atoms with E-state index in [1.807, 2.05) is 46.0 Å². The maximum atomic E-state index is 12.9. The summed E-state index contributed by atoms with van der Waals surface area (Å²) in [6, 6.07) is 20.0. The van der Waals surface area contributed by atoms with Crippen LogP contribution in [0.2, 0.25) is 0 Å². The number of nitrogens with zero attached hydrogens (tertiary/aromatic N) is 4. The van der Waals surface area contributed by atoms with Crippen LogP contribution in [0.1, 0.15) is 24.0 Å². The van der Waals surface area contributed by atoms with Gasteiger partial charge in [0, 0.05) is 18.5 Å². The Bertz CT molecular complexity index is 903. The molecule has 1 aliphatic rings. The third-order valence-electron chi connectivity index (χ3n) is 5.97. The van der Waals surface area contributed by atoms with Crippen molar-refractivity contribution in [2.45, 2.75) is 37.3 Å². The Balaban J connectivity index is 1.45. The number of piperidine rings is 1. The van der Waals surface area contributed by atoms with E-state index in [0.717, 1.165) is 24.9 Å². The average Bonchev–Trinajstić information content (AvgIpc) is 3.28. The molecule has 0 spiro atoms. The first-order chi connectivity index (χ1) is 14.2. The number of amides is 1. The summed E-state index contributed by atoms with van der Waals surface area (Å²) < 4.78 is 1.89. The van der Waals surface area contributed by atoms with Gasteiger partial charge in [0.05, 0.1) is 12.6 Å². The van der Waals surface area contributed by atoms with Gasteiger partial charge in [0.2, 0.25) is 5.91 Å². The molecule has 29 heavy (non-hydrogen) atoms. The number of rotatable bonds is 6. The first-order valence-corrected chi connectivity index (χ1v) is 10.1. The van der Waals surface area contributed by atoms with Gasteiger partial charge < -0.3 is 10.6 Å². The molecule has 6 heteroatoms. The minimum atomic E-state index is -0.503. The monoisotopic (exact) mass is 389 g/mol. The lowest BCUT2D eigenvalue weighted by Gasteiger charge is -2.42. The molecule has 1 saturated heterocycles. The van der Waals surface area contributed by atoms with Crippen LogP contribution in [-0.2, 0) is 23.2 Å². The number of likely N-dealkylation sites (tertiary alicyclic amines) is 1. The normalized spacial score (nSPS) is 17.1. The van der Waals surface area contributed by atoms with Crippen LogP contribution >= 0.6 is 0 Å². The molecule has 1 fully saturated rings. The van der Waals surface area contributed by atoms with Crippen LogP contribution in [0.5, 0.6) is 0 Å². The molecular formula is C23H27N5O. The Morgan fingerprint density at radius 3 is 2.31 bits per heavy atom. The molecule has 1 aliphatic heterocycles. The summed E-state index contributed by atoms with van der Waals surface area (Å²) in [5, 5.41) is 4.32. The van der Waals surface area contributed by atoms with Crippen LogP contribution in [0.3, 0.4) is 0 Å². The van der Waals surface area contributed by atoms with E-state index in [1.165, 1.54) is 5.56 Å². The Morgan fingerprint density at radius 1 is 1.03 bits per heavy atom. The van der Waals surface area contributed by atoms with Gasteiger partial charge in [0.15, 0.2) is 0 Å². The zero-order valence-corrected chi connectivity index (χ0v) is 16.5. The van der Waals surface area contributed by atoms with E-state index in [2.05, 4.69) is 34.3 Å². The molecule has 150 valence electrons. The number of carbonyl (C=O) groups excluding carboxylic acids is 1. The zero-order chi connectivity index (χ0) is 20.1. The fourth-order valence-corrected chi connectivity index (χ4v) is 4.30. The van der Waals surface area contributed by atoms with E-state index in [1.54, 1.807) is 12.7 Å². The molecule has 3 aromatic rings. The summed E-state index contributed by atoms with van der Waals surface area (Å²) >= 11 is 0. The Morgan fingerprint density at radius 2 is 1.69 bits per heavy atom. The number of hydrogen-bond acceptors (Lipinski definition) is 4. The second-order valence-electron chi connectivity index (χ2n) is 7.86. The minimum absolute atomic E-state index is 0.0382. The van der Waals surface area contributed by atoms with Gasteiger partial charge in [-0.3, -0.25) is 9.48 Å². The highest BCUT2D eigenvalue weighted by Gasteiger charge is 2.38. The maximum Gasteiger partial charge on any atom is 0.239 e. The van der Waals surface area contributed by atoms with Crippen LogP contribution < -0.4 is 5.73 Å². The molecular weight excluding hydrogens is 362 g/mol. The van der Waals surface area contributed by atoms with Crippen molar-refractivity contribution in [3.8, 4) is 0 Å². The highest BCUT2D eigenvalue weighted by Crippen LogP contribution is 2.37. The fourth-order valence-electron chi connectivity index (χ4n) is 4.30. The molecule has 4 rings (SSSR count). The van der Waals surface area contributed by atoms with E-state index in [0.29, 0.717) is 19.5 Å². The summed E-state index contributed by atoms with van der Waals surface area (Å²) in [7, 11) is 0. The molecule has 1 amide bonds. The van der Waals surface area contributed by atoms with Crippen molar-refractivity contribution in [1.82, 2.24) is 19.7 Å². The molecule has 1 aromatic heterocycles. The van der Waals surface area contributed by atoms with E-state index >= 15 is 0 Å². The van der Waals surface area contributed by atoms with E-state index < -0.39 is 6.04 Å². The third-order valence-corrected chi connectivity index (χ3v) is 5.97. The lowest BCUT2D eigenvalue weighted by Crippen LogP contribution is -2.52. The smallest absolute Gasteiger partial charge is 0.239 e. The fraction of sp³-hybridized carbons (Fsp3) is 0.348. The van der Waals surface area contributed by atoms with Crippen LogP contribution in [0, 0.1) is 0 Å². The van der Waals surface area contributed by atoms with Gasteiger partial charge in [0.1, 0.15) is 12.7 Å². The van der Waals surface area contributed by atoms with Crippen LogP contribution in [0.15, 0.2) is 73.3 Å². The summed E-state index contributed by atoms with van der Waals surface area (Å²) in [5.41, 5.74) is 8.58. The van der Waals surface area contributed by atoms with Crippen LogP contribution in [0.4, 0.5) is 0 Å². The second-order valence-corrected chi connectivity index (χ2v) is 7.86. The van der Waals surface area contributed by atoms with Gasteiger partial charge in [-0.15, -0.1) is 0 Å². The summed E-state index contributed by atoms with van der Waals surface area (Å²) in [6.07, 6.45) is 5.65. The minimum Gasteiger partial charge on any atom is -0.341 e. The zero-order valence-electron chi connectivity index (χ0n) is 16.5. The quantitative estimate of drug-likeness (QED) is 0.702. The molecule has 0 unspecified atom stereocenters. The highest BCUT2D eigenvalue weighted by atomic mass is 16.2. The Kier molecular flexibility index (Phi) is 5.71. The molecule has 0 aliphatic carbocycles. The highest BCUT2D eigenvalue weighted by molar-refractivity contribution is 5.82. The van der Waals surface area contributed by atoms with Crippen molar-refractivity contribution in [1.29, 1.82) is 0 Å². The largest absolute Gasteiger partial charge is 0.341 e. The van der Waals surface area contributed by atoms with Crippen molar-refractivity contribution >= 4 is 5.91 Å². The lowest BCUT2D eigenvalue weighted by atomic mass is 9.72. The number of hydrogen-bond donors (Lipinski definition) is 1. The molecule has 1 atom stereocenters. The molecule has 0 bridgehead atoms. The number of benzene rings is 2. The van der Waals surface area contributed by atoms with E-state index in [-0.39, 0.29) is 11.3 Å². The van der Waals surface area contributed by atoms with Gasteiger partial charge in [-0.2, -0.15) is 5.10 Å². The summed E-state index contributed by atoms with van der Waals surface area (Å²) in [5.74, 6) is 0.0382. The number of aromatic nitrogens is 3. The summed E-state index contributed by atoms with van der Waals surface area (Å²) in [4.78, 5) is 19.0. The molecule has 2 N–H and O–H groups in total. The topological polar surface area (TPSA) is 77.0 Å². The molecule has 6 nitrogen and oxygen atoms in total. The molecule has 2 heterocycles. The van der Waals surface area contributed by atoms with Gasteiger partial charge in [-0.25, -0.2) is 4.98 Å². The van der Waals surface area contributed by atoms with Gasteiger partial charge in [-0.1, -0.05) is 60.7 Å². The van der Waals surface area contributed by atoms with Crippen molar-refractivity contribution in [2.24, 2.45) is 5.73 Å². The predicted octanol–water partition coefficient (Wildman–Crippen LogP) is 2.41. The third kappa shape index (κ3) is 4.38. The second kappa shape index (κ2) is 8.57. The van der Waals surface area contributed by atoms with Gasteiger partial charge in [-0.05, 0) is 30.4 Å². The van der Waals surface area contributed by atoms with Crippen molar-refractivity contribution in [2.75, 3.05) is 13.1 Å². The first-order valence-electron chi connectivity index (χ1n) is 10.1.